The zero-order valence-corrected chi connectivity index (χ0v) is 13.1. The van der Waals surface area contributed by atoms with Gasteiger partial charge in [-0.2, -0.15) is 0 Å². The molecule has 0 N–H and O–H groups in total. The Morgan fingerprint density at radius 1 is 1.11 bits per heavy atom. The van der Waals surface area contributed by atoms with Gasteiger partial charge in [-0.3, -0.25) is 0 Å². The molecule has 0 atom stereocenters. The summed E-state index contributed by atoms with van der Waals surface area (Å²) < 4.78 is 0. The smallest absolute Gasteiger partial charge is 0.0960 e. The average molecular weight is 253 g/mol. The van der Waals surface area contributed by atoms with Crippen LogP contribution in [-0.2, 0) is 10.8 Å². The van der Waals surface area contributed by atoms with E-state index in [2.05, 4.69) is 66.6 Å². The highest BCUT2D eigenvalue weighted by Gasteiger charge is 2.36. The summed E-state index contributed by atoms with van der Waals surface area (Å²) in [6.07, 6.45) is 3.52. The molecule has 1 aliphatic carbocycles. The number of rotatable bonds is 3. The van der Waals surface area contributed by atoms with Gasteiger partial charge in [0.2, 0.25) is 0 Å². The number of hydrogen-bond acceptors (Lipinski definition) is 0. The van der Waals surface area contributed by atoms with E-state index in [1.54, 1.807) is 0 Å². The van der Waals surface area contributed by atoms with E-state index in [1.807, 2.05) is 0 Å². The van der Waals surface area contributed by atoms with Crippen LogP contribution in [0.4, 0.5) is 0 Å². The van der Waals surface area contributed by atoms with Crippen LogP contribution in [-0.4, -0.2) is 7.28 Å². The van der Waals surface area contributed by atoms with Crippen molar-refractivity contribution < 1.29 is 0 Å². The lowest BCUT2D eigenvalue weighted by Gasteiger charge is -2.42. The highest BCUT2D eigenvalue weighted by atomic mass is 14.4. The summed E-state index contributed by atoms with van der Waals surface area (Å²) in [6, 6.07) is 6.99. The summed E-state index contributed by atoms with van der Waals surface area (Å²) in [5.41, 5.74) is 6.19. The summed E-state index contributed by atoms with van der Waals surface area (Å²) in [5, 5.41) is 0. The van der Waals surface area contributed by atoms with Gasteiger partial charge in [-0.15, -0.1) is 0 Å². The standard InChI is InChI=1S/C18H26B/c1-13(12-19-6)14-7-8-15-16(11-14)18(4,5)10-9-17(15,2)3/h7-8,11H,1,9-10,12H2,2-6H3. The van der Waals surface area contributed by atoms with E-state index in [-0.39, 0.29) is 5.41 Å². The predicted octanol–water partition coefficient (Wildman–Crippen LogP) is 5.22. The van der Waals surface area contributed by atoms with Gasteiger partial charge in [0.25, 0.3) is 0 Å². The minimum Gasteiger partial charge on any atom is -0.0960 e. The van der Waals surface area contributed by atoms with E-state index >= 15 is 0 Å². The zero-order valence-electron chi connectivity index (χ0n) is 13.1. The molecule has 1 heteroatoms. The Bertz CT molecular complexity index is 494. The summed E-state index contributed by atoms with van der Waals surface area (Å²) in [5.74, 6) is 0. The lowest BCUT2D eigenvalue weighted by atomic mass is 9.62. The molecule has 0 aliphatic heterocycles. The van der Waals surface area contributed by atoms with Crippen LogP contribution in [0.15, 0.2) is 24.8 Å². The van der Waals surface area contributed by atoms with Crippen molar-refractivity contribution in [3.05, 3.63) is 41.5 Å². The molecular weight excluding hydrogens is 227 g/mol. The second-order valence-corrected chi connectivity index (χ2v) is 7.24. The monoisotopic (exact) mass is 253 g/mol. The molecule has 0 bridgehead atoms. The minimum atomic E-state index is 0.289. The third-order valence-corrected chi connectivity index (χ3v) is 4.71. The summed E-state index contributed by atoms with van der Waals surface area (Å²) >= 11 is 0. The number of benzene rings is 1. The van der Waals surface area contributed by atoms with E-state index in [9.17, 15) is 0 Å². The van der Waals surface area contributed by atoms with Crippen LogP contribution in [0.3, 0.4) is 0 Å². The van der Waals surface area contributed by atoms with Gasteiger partial charge in [-0.1, -0.05) is 71.2 Å². The SMILES string of the molecule is C=C(C[B]C)c1ccc2c(c1)C(C)(C)CCC2(C)C. The molecular formula is C18H26B. The van der Waals surface area contributed by atoms with Gasteiger partial charge in [0, 0.05) is 0 Å². The lowest BCUT2D eigenvalue weighted by molar-refractivity contribution is 0.332. The molecule has 0 unspecified atom stereocenters. The topological polar surface area (TPSA) is 0 Å². The van der Waals surface area contributed by atoms with Gasteiger partial charge in [-0.25, -0.2) is 0 Å². The Balaban J connectivity index is 2.50. The number of allylic oxidation sites excluding steroid dienone is 1. The van der Waals surface area contributed by atoms with Gasteiger partial charge in [-0.05, 0) is 40.4 Å². The molecule has 0 amide bonds. The second kappa shape index (κ2) is 4.85. The summed E-state index contributed by atoms with van der Waals surface area (Å²) in [7, 11) is 2.18. The molecule has 0 saturated heterocycles. The van der Waals surface area contributed by atoms with E-state index in [0.29, 0.717) is 5.41 Å². The van der Waals surface area contributed by atoms with Gasteiger partial charge in [0.05, 0.1) is 0 Å². The lowest BCUT2D eigenvalue weighted by Crippen LogP contribution is -2.33. The molecule has 0 fully saturated rings. The van der Waals surface area contributed by atoms with Crippen molar-refractivity contribution in [2.75, 3.05) is 0 Å². The highest BCUT2D eigenvalue weighted by molar-refractivity contribution is 6.36. The fraction of sp³-hybridized carbons (Fsp3) is 0.556. The quantitative estimate of drug-likeness (QED) is 0.648. The van der Waals surface area contributed by atoms with Gasteiger partial charge in [0.15, 0.2) is 0 Å². The van der Waals surface area contributed by atoms with Crippen LogP contribution >= 0.6 is 0 Å². The second-order valence-electron chi connectivity index (χ2n) is 7.24. The molecule has 1 aromatic carbocycles. The molecule has 0 aromatic heterocycles. The minimum absolute atomic E-state index is 0.289. The van der Waals surface area contributed by atoms with Crippen molar-refractivity contribution in [3.8, 4) is 0 Å². The molecule has 0 spiro atoms. The van der Waals surface area contributed by atoms with E-state index < -0.39 is 0 Å². The maximum absolute atomic E-state index is 4.22. The van der Waals surface area contributed by atoms with Crippen LogP contribution in [0, 0.1) is 0 Å². The number of hydrogen-bond donors (Lipinski definition) is 0. The largest absolute Gasteiger partial charge is 0.111 e. The van der Waals surface area contributed by atoms with Crippen LogP contribution in [0.5, 0.6) is 0 Å². The van der Waals surface area contributed by atoms with Crippen LogP contribution < -0.4 is 0 Å². The maximum Gasteiger partial charge on any atom is 0.111 e. The fourth-order valence-electron chi connectivity index (χ4n) is 3.17. The van der Waals surface area contributed by atoms with Gasteiger partial charge >= 0.3 is 0 Å². The van der Waals surface area contributed by atoms with E-state index in [4.69, 9.17) is 0 Å². The first-order chi connectivity index (χ1) is 8.78. The van der Waals surface area contributed by atoms with E-state index in [0.717, 1.165) is 6.32 Å². The average Bonchev–Trinajstić information content (AvgIpc) is 2.35. The summed E-state index contributed by atoms with van der Waals surface area (Å²) in [4.78, 5) is 0. The first-order valence-electron chi connectivity index (χ1n) is 7.39. The molecule has 0 saturated carbocycles. The predicted molar refractivity (Wildman–Crippen MR) is 87.2 cm³/mol. The Kier molecular flexibility index (Phi) is 3.68. The van der Waals surface area contributed by atoms with E-state index in [1.165, 1.54) is 35.1 Å². The Morgan fingerprint density at radius 3 is 2.26 bits per heavy atom. The Hall–Kier alpha value is -0.975. The molecule has 0 nitrogen and oxygen atoms in total. The third kappa shape index (κ3) is 2.66. The molecule has 19 heavy (non-hydrogen) atoms. The van der Waals surface area contributed by atoms with Gasteiger partial charge < -0.3 is 0 Å². The van der Waals surface area contributed by atoms with Crippen LogP contribution in [0.2, 0.25) is 13.1 Å². The van der Waals surface area contributed by atoms with Crippen molar-refractivity contribution in [3.63, 3.8) is 0 Å². The zero-order chi connectivity index (χ0) is 14.3. The maximum atomic E-state index is 4.22. The summed E-state index contributed by atoms with van der Waals surface area (Å²) in [6.45, 7) is 15.8. The molecule has 1 aromatic rings. The third-order valence-electron chi connectivity index (χ3n) is 4.71. The normalized spacial score (nSPS) is 19.6. The molecule has 0 heterocycles. The van der Waals surface area contributed by atoms with Crippen molar-refractivity contribution in [2.24, 2.45) is 0 Å². The number of fused-ring (bicyclic) bond motifs is 1. The first kappa shape index (κ1) is 14.4. The van der Waals surface area contributed by atoms with Crippen molar-refractivity contribution in [2.45, 2.75) is 64.5 Å². The van der Waals surface area contributed by atoms with Crippen LogP contribution in [0.1, 0.15) is 57.2 Å². The molecule has 2 rings (SSSR count). The van der Waals surface area contributed by atoms with Crippen molar-refractivity contribution >= 4 is 12.9 Å². The Morgan fingerprint density at radius 2 is 1.68 bits per heavy atom. The van der Waals surface area contributed by atoms with Gasteiger partial charge in [0.1, 0.15) is 7.28 Å². The van der Waals surface area contributed by atoms with Crippen LogP contribution in [0.25, 0.3) is 5.57 Å². The fourth-order valence-corrected chi connectivity index (χ4v) is 3.17. The first-order valence-corrected chi connectivity index (χ1v) is 7.39. The Labute approximate surface area is 119 Å². The highest BCUT2D eigenvalue weighted by Crippen LogP contribution is 2.46. The molecule has 1 aliphatic rings. The van der Waals surface area contributed by atoms with Crippen molar-refractivity contribution in [1.29, 1.82) is 0 Å². The molecule has 1 radical (unpaired) electrons. The van der Waals surface area contributed by atoms with Crippen molar-refractivity contribution in [1.82, 2.24) is 0 Å². The molecule has 101 valence electrons.